The summed E-state index contributed by atoms with van der Waals surface area (Å²) < 4.78 is 5.32. The van der Waals surface area contributed by atoms with Crippen molar-refractivity contribution in [1.82, 2.24) is 15.8 Å². The minimum Gasteiger partial charge on any atom is -0.395 e. The quantitative estimate of drug-likeness (QED) is 0.498. The van der Waals surface area contributed by atoms with Gasteiger partial charge < -0.3 is 20.3 Å². The van der Waals surface area contributed by atoms with E-state index in [0.29, 0.717) is 25.0 Å². The molecular formula is C14H26N4O2. The van der Waals surface area contributed by atoms with Crippen LogP contribution in [0.1, 0.15) is 51.0 Å². The van der Waals surface area contributed by atoms with Crippen LogP contribution in [0.15, 0.2) is 15.6 Å². The van der Waals surface area contributed by atoms with Gasteiger partial charge in [-0.05, 0) is 19.8 Å². The Hall–Kier alpha value is -1.56. The average molecular weight is 282 g/mol. The van der Waals surface area contributed by atoms with Gasteiger partial charge in [-0.3, -0.25) is 0 Å². The fourth-order valence-corrected chi connectivity index (χ4v) is 1.98. The highest BCUT2D eigenvalue weighted by Crippen LogP contribution is 2.22. The first kappa shape index (κ1) is 16.5. The summed E-state index contributed by atoms with van der Waals surface area (Å²) in [5.74, 6) is 1.88. The van der Waals surface area contributed by atoms with Crippen LogP contribution in [0, 0.1) is 0 Å². The van der Waals surface area contributed by atoms with Gasteiger partial charge in [0.15, 0.2) is 11.7 Å². The third-order valence-electron chi connectivity index (χ3n) is 3.12. The van der Waals surface area contributed by atoms with Crippen molar-refractivity contribution < 1.29 is 9.63 Å². The van der Waals surface area contributed by atoms with Gasteiger partial charge in [0.05, 0.1) is 12.3 Å². The Morgan fingerprint density at radius 1 is 1.35 bits per heavy atom. The van der Waals surface area contributed by atoms with Crippen molar-refractivity contribution in [1.29, 1.82) is 0 Å². The molecule has 0 aliphatic carbocycles. The van der Waals surface area contributed by atoms with E-state index in [0.717, 1.165) is 30.8 Å². The number of aliphatic hydroxyl groups is 1. The van der Waals surface area contributed by atoms with Crippen LogP contribution >= 0.6 is 0 Å². The fraction of sp³-hybridized carbons (Fsp3) is 0.714. The van der Waals surface area contributed by atoms with Gasteiger partial charge in [-0.25, -0.2) is 4.99 Å². The smallest absolute Gasteiger partial charge is 0.191 e. The molecule has 0 saturated heterocycles. The van der Waals surface area contributed by atoms with Crippen molar-refractivity contribution in [2.75, 3.05) is 19.7 Å². The van der Waals surface area contributed by atoms with Gasteiger partial charge in [0.1, 0.15) is 6.54 Å². The Balaban J connectivity index is 2.62. The maximum atomic E-state index is 8.81. The Kier molecular flexibility index (Phi) is 7.72. The molecule has 0 amide bonds. The van der Waals surface area contributed by atoms with Crippen molar-refractivity contribution in [2.45, 2.75) is 46.1 Å². The van der Waals surface area contributed by atoms with E-state index in [-0.39, 0.29) is 6.61 Å². The highest BCUT2D eigenvalue weighted by atomic mass is 16.5. The first-order valence-electron chi connectivity index (χ1n) is 7.33. The maximum absolute atomic E-state index is 8.81. The van der Waals surface area contributed by atoms with Gasteiger partial charge in [0.2, 0.25) is 0 Å². The number of nitrogens with one attached hydrogen (secondary N) is 2. The van der Waals surface area contributed by atoms with Crippen LogP contribution in [0.2, 0.25) is 0 Å². The summed E-state index contributed by atoms with van der Waals surface area (Å²) in [6.45, 7) is 8.06. The lowest BCUT2D eigenvalue weighted by Gasteiger charge is -2.09. The van der Waals surface area contributed by atoms with Gasteiger partial charge in [-0.15, -0.1) is 0 Å². The molecule has 0 atom stereocenters. The van der Waals surface area contributed by atoms with Gasteiger partial charge in [0, 0.05) is 25.1 Å². The molecule has 0 fully saturated rings. The van der Waals surface area contributed by atoms with Crippen LogP contribution in [-0.4, -0.2) is 35.9 Å². The Morgan fingerprint density at radius 2 is 2.10 bits per heavy atom. The van der Waals surface area contributed by atoms with Crippen molar-refractivity contribution in [3.63, 3.8) is 0 Å². The van der Waals surface area contributed by atoms with Crippen LogP contribution in [0.25, 0.3) is 0 Å². The van der Waals surface area contributed by atoms with Gasteiger partial charge in [-0.2, -0.15) is 0 Å². The van der Waals surface area contributed by atoms with E-state index in [1.807, 2.05) is 13.0 Å². The number of hydrogen-bond donors (Lipinski definition) is 3. The fourth-order valence-electron chi connectivity index (χ4n) is 1.98. The van der Waals surface area contributed by atoms with E-state index in [2.05, 4.69) is 34.6 Å². The van der Waals surface area contributed by atoms with Crippen LogP contribution in [0.4, 0.5) is 0 Å². The molecule has 114 valence electrons. The van der Waals surface area contributed by atoms with Crippen LogP contribution in [0.3, 0.4) is 0 Å². The lowest BCUT2D eigenvalue weighted by atomic mass is 9.99. The Bertz CT molecular complexity index is 400. The van der Waals surface area contributed by atoms with Crippen molar-refractivity contribution in [3.05, 3.63) is 17.5 Å². The standard InChI is InChI=1S/C14H26N4O2/c1-4-11(5-2)13-9-12(20-18-13)10-17-14(15-6-3)16-7-8-19/h9,11,19H,4-8,10H2,1-3H3,(H2,15,16,17). The number of aliphatic hydroxyl groups excluding tert-OH is 1. The zero-order valence-electron chi connectivity index (χ0n) is 12.6. The molecule has 20 heavy (non-hydrogen) atoms. The molecule has 1 aromatic rings. The van der Waals surface area contributed by atoms with Crippen LogP contribution in [0.5, 0.6) is 0 Å². The summed E-state index contributed by atoms with van der Waals surface area (Å²) in [6, 6.07) is 1.98. The minimum atomic E-state index is 0.0750. The summed E-state index contributed by atoms with van der Waals surface area (Å²) in [7, 11) is 0. The lowest BCUT2D eigenvalue weighted by molar-refractivity contribution is 0.300. The van der Waals surface area contributed by atoms with E-state index in [9.17, 15) is 0 Å². The summed E-state index contributed by atoms with van der Waals surface area (Å²) in [5.41, 5.74) is 1.01. The maximum Gasteiger partial charge on any atom is 0.191 e. The largest absolute Gasteiger partial charge is 0.395 e. The molecule has 6 nitrogen and oxygen atoms in total. The highest BCUT2D eigenvalue weighted by Gasteiger charge is 2.12. The van der Waals surface area contributed by atoms with E-state index >= 15 is 0 Å². The summed E-state index contributed by atoms with van der Waals surface area (Å²) in [4.78, 5) is 4.40. The zero-order valence-corrected chi connectivity index (χ0v) is 12.6. The second-order valence-corrected chi connectivity index (χ2v) is 4.58. The molecule has 3 N–H and O–H groups in total. The van der Waals surface area contributed by atoms with E-state index < -0.39 is 0 Å². The van der Waals surface area contributed by atoms with Crippen molar-refractivity contribution in [2.24, 2.45) is 4.99 Å². The molecule has 0 aromatic carbocycles. The molecule has 1 rings (SSSR count). The molecule has 0 spiro atoms. The number of aromatic nitrogens is 1. The molecular weight excluding hydrogens is 256 g/mol. The number of rotatable bonds is 8. The van der Waals surface area contributed by atoms with Gasteiger partial charge in [-0.1, -0.05) is 19.0 Å². The molecule has 1 aromatic heterocycles. The SMILES string of the molecule is CCNC(=NCc1cc(C(CC)CC)no1)NCCO. The zero-order chi connectivity index (χ0) is 14.8. The van der Waals surface area contributed by atoms with Gasteiger partial charge in [0.25, 0.3) is 0 Å². The Morgan fingerprint density at radius 3 is 2.70 bits per heavy atom. The van der Waals surface area contributed by atoms with E-state index in [1.54, 1.807) is 0 Å². The summed E-state index contributed by atoms with van der Waals surface area (Å²) in [6.07, 6.45) is 2.12. The molecule has 0 aliphatic heterocycles. The van der Waals surface area contributed by atoms with Crippen molar-refractivity contribution in [3.8, 4) is 0 Å². The number of guanidine groups is 1. The molecule has 6 heteroatoms. The minimum absolute atomic E-state index is 0.0750. The van der Waals surface area contributed by atoms with Gasteiger partial charge >= 0.3 is 0 Å². The van der Waals surface area contributed by atoms with E-state index in [1.165, 1.54) is 0 Å². The molecule has 0 saturated carbocycles. The molecule has 0 bridgehead atoms. The first-order chi connectivity index (χ1) is 9.74. The third kappa shape index (κ3) is 5.21. The molecule has 1 heterocycles. The molecule has 0 radical (unpaired) electrons. The highest BCUT2D eigenvalue weighted by molar-refractivity contribution is 5.79. The topological polar surface area (TPSA) is 82.7 Å². The number of hydrogen-bond acceptors (Lipinski definition) is 4. The predicted octanol–water partition coefficient (Wildman–Crippen LogP) is 1.63. The predicted molar refractivity (Wildman–Crippen MR) is 79.7 cm³/mol. The molecule has 0 aliphatic rings. The van der Waals surface area contributed by atoms with E-state index in [4.69, 9.17) is 9.63 Å². The number of aliphatic imine (C=N–C) groups is 1. The summed E-state index contributed by atoms with van der Waals surface area (Å²) in [5, 5.41) is 19.1. The lowest BCUT2D eigenvalue weighted by Crippen LogP contribution is -2.38. The van der Waals surface area contributed by atoms with Crippen molar-refractivity contribution >= 4 is 5.96 Å². The van der Waals surface area contributed by atoms with Crippen LogP contribution in [-0.2, 0) is 6.54 Å². The first-order valence-corrected chi connectivity index (χ1v) is 7.33. The second kappa shape index (κ2) is 9.36. The third-order valence-corrected chi connectivity index (χ3v) is 3.12. The monoisotopic (exact) mass is 282 g/mol. The number of nitrogens with zero attached hydrogens (tertiary/aromatic N) is 2. The average Bonchev–Trinajstić information content (AvgIpc) is 2.92. The second-order valence-electron chi connectivity index (χ2n) is 4.58. The molecule has 0 unspecified atom stereocenters. The van der Waals surface area contributed by atoms with Crippen LogP contribution < -0.4 is 10.6 Å². The normalized spacial score (nSPS) is 11.9. The summed E-state index contributed by atoms with van der Waals surface area (Å²) >= 11 is 0. The Labute approximate surface area is 120 Å².